The number of hydrogen-bond donors (Lipinski definition) is 0. The lowest BCUT2D eigenvalue weighted by atomic mass is 10.0. The van der Waals surface area contributed by atoms with Crippen molar-refractivity contribution < 1.29 is 28.6 Å². The third-order valence-electron chi connectivity index (χ3n) is 13.3. The highest BCUT2D eigenvalue weighted by Gasteiger charge is 2.19. The number of rotatable bonds is 55. The molecule has 0 radical (unpaired) electrons. The van der Waals surface area contributed by atoms with Gasteiger partial charge in [0.25, 0.3) is 0 Å². The van der Waals surface area contributed by atoms with Crippen LogP contribution in [0.4, 0.5) is 0 Å². The Balaban J connectivity index is 4.33. The summed E-state index contributed by atoms with van der Waals surface area (Å²) >= 11 is 0. The van der Waals surface area contributed by atoms with Crippen molar-refractivity contribution in [2.45, 2.75) is 316 Å². The minimum atomic E-state index is -0.775. The van der Waals surface area contributed by atoms with Crippen molar-refractivity contribution in [2.24, 2.45) is 0 Å². The molecule has 0 bridgehead atoms. The molecule has 0 saturated carbocycles. The highest BCUT2D eigenvalue weighted by atomic mass is 16.6. The van der Waals surface area contributed by atoms with Crippen LogP contribution in [0.15, 0.2) is 60.8 Å². The Labute approximate surface area is 434 Å². The summed E-state index contributed by atoms with van der Waals surface area (Å²) < 4.78 is 16.9. The normalized spacial score (nSPS) is 12.4. The number of esters is 3. The third-order valence-corrected chi connectivity index (χ3v) is 13.3. The van der Waals surface area contributed by atoms with Crippen LogP contribution in [0.2, 0.25) is 0 Å². The second kappa shape index (κ2) is 58.7. The summed E-state index contributed by atoms with van der Waals surface area (Å²) in [5.41, 5.74) is 0. The average Bonchev–Trinajstić information content (AvgIpc) is 3.36. The van der Waals surface area contributed by atoms with Crippen molar-refractivity contribution >= 4 is 17.9 Å². The molecule has 0 amide bonds. The van der Waals surface area contributed by atoms with Gasteiger partial charge in [0.2, 0.25) is 0 Å². The second-order valence-electron chi connectivity index (χ2n) is 20.2. The maximum atomic E-state index is 12.9. The molecular formula is C64H114O6. The fraction of sp³-hybridized carbons (Fsp3) is 0.797. The molecule has 406 valence electrons. The van der Waals surface area contributed by atoms with Gasteiger partial charge in [-0.3, -0.25) is 14.4 Å². The molecule has 6 heteroatoms. The van der Waals surface area contributed by atoms with Gasteiger partial charge in [0.05, 0.1) is 0 Å². The summed E-state index contributed by atoms with van der Waals surface area (Å²) in [4.78, 5) is 38.2. The van der Waals surface area contributed by atoms with Gasteiger partial charge in [-0.2, -0.15) is 0 Å². The van der Waals surface area contributed by atoms with Crippen LogP contribution in [0.25, 0.3) is 0 Å². The van der Waals surface area contributed by atoms with Crippen molar-refractivity contribution in [3.05, 3.63) is 60.8 Å². The number of allylic oxidation sites excluding steroid dienone is 10. The Bertz CT molecular complexity index is 1260. The molecule has 0 aliphatic carbocycles. The lowest BCUT2D eigenvalue weighted by Gasteiger charge is -2.18. The first kappa shape index (κ1) is 67.1. The van der Waals surface area contributed by atoms with E-state index in [1.54, 1.807) is 0 Å². The Morgan fingerprint density at radius 1 is 0.300 bits per heavy atom. The molecular weight excluding hydrogens is 865 g/mol. The van der Waals surface area contributed by atoms with Crippen LogP contribution in [0, 0.1) is 0 Å². The van der Waals surface area contributed by atoms with E-state index >= 15 is 0 Å². The quantitative estimate of drug-likeness (QED) is 0.0261. The Morgan fingerprint density at radius 2 is 0.557 bits per heavy atom. The molecule has 1 atom stereocenters. The molecule has 0 aliphatic heterocycles. The van der Waals surface area contributed by atoms with Gasteiger partial charge >= 0.3 is 17.9 Å². The fourth-order valence-electron chi connectivity index (χ4n) is 8.77. The van der Waals surface area contributed by atoms with E-state index in [2.05, 4.69) is 81.5 Å². The molecule has 6 nitrogen and oxygen atoms in total. The number of carbonyl (C=O) groups is 3. The summed E-state index contributed by atoms with van der Waals surface area (Å²) in [7, 11) is 0. The van der Waals surface area contributed by atoms with Gasteiger partial charge in [0.1, 0.15) is 13.2 Å². The largest absolute Gasteiger partial charge is 0.462 e. The highest BCUT2D eigenvalue weighted by molar-refractivity contribution is 5.71. The number of hydrogen-bond acceptors (Lipinski definition) is 6. The molecule has 1 unspecified atom stereocenters. The summed E-state index contributed by atoms with van der Waals surface area (Å²) in [6.45, 7) is 6.56. The van der Waals surface area contributed by atoms with Crippen LogP contribution in [-0.4, -0.2) is 37.2 Å². The maximum absolute atomic E-state index is 12.9. The Hall–Kier alpha value is -2.89. The lowest BCUT2D eigenvalue weighted by Crippen LogP contribution is -2.30. The van der Waals surface area contributed by atoms with Crippen LogP contribution in [0.3, 0.4) is 0 Å². The van der Waals surface area contributed by atoms with Crippen LogP contribution in [-0.2, 0) is 28.6 Å². The van der Waals surface area contributed by atoms with Crippen molar-refractivity contribution in [3.8, 4) is 0 Å². The van der Waals surface area contributed by atoms with Gasteiger partial charge in [-0.05, 0) is 64.2 Å². The van der Waals surface area contributed by atoms with Gasteiger partial charge in [-0.25, -0.2) is 0 Å². The van der Waals surface area contributed by atoms with Crippen LogP contribution in [0.1, 0.15) is 310 Å². The second-order valence-corrected chi connectivity index (χ2v) is 20.2. The topological polar surface area (TPSA) is 78.9 Å². The van der Waals surface area contributed by atoms with Crippen molar-refractivity contribution in [3.63, 3.8) is 0 Å². The zero-order valence-corrected chi connectivity index (χ0v) is 46.5. The van der Waals surface area contributed by atoms with E-state index in [9.17, 15) is 14.4 Å². The summed E-state index contributed by atoms with van der Waals surface area (Å²) in [6.07, 6.45) is 73.5. The molecule has 0 N–H and O–H groups in total. The first-order valence-corrected chi connectivity index (χ1v) is 30.3. The third kappa shape index (κ3) is 56.0. The van der Waals surface area contributed by atoms with Gasteiger partial charge in [-0.15, -0.1) is 0 Å². The van der Waals surface area contributed by atoms with Crippen LogP contribution >= 0.6 is 0 Å². The Morgan fingerprint density at radius 3 is 0.871 bits per heavy atom. The van der Waals surface area contributed by atoms with E-state index in [0.717, 1.165) is 96.3 Å². The minimum absolute atomic E-state index is 0.0730. The molecule has 0 aromatic rings. The maximum Gasteiger partial charge on any atom is 0.306 e. The molecule has 0 fully saturated rings. The van der Waals surface area contributed by atoms with E-state index in [1.807, 2.05) is 0 Å². The summed E-state index contributed by atoms with van der Waals surface area (Å²) in [5.74, 6) is -0.867. The molecule has 0 aromatic carbocycles. The van der Waals surface area contributed by atoms with Gasteiger partial charge in [0, 0.05) is 19.3 Å². The summed E-state index contributed by atoms with van der Waals surface area (Å²) in [6, 6.07) is 0. The summed E-state index contributed by atoms with van der Waals surface area (Å²) in [5, 5.41) is 0. The van der Waals surface area contributed by atoms with Gasteiger partial charge < -0.3 is 14.2 Å². The van der Waals surface area contributed by atoms with E-state index in [1.165, 1.54) is 173 Å². The first-order valence-electron chi connectivity index (χ1n) is 30.3. The molecule has 0 aromatic heterocycles. The van der Waals surface area contributed by atoms with Crippen molar-refractivity contribution in [1.29, 1.82) is 0 Å². The smallest absolute Gasteiger partial charge is 0.306 e. The molecule has 70 heavy (non-hydrogen) atoms. The molecule has 0 saturated heterocycles. The zero-order valence-electron chi connectivity index (χ0n) is 46.5. The predicted octanol–water partition coefficient (Wildman–Crippen LogP) is 20.4. The standard InChI is InChI=1S/C64H114O6/c1-4-7-10-13-16-19-22-25-28-29-30-31-32-33-34-35-37-39-42-45-48-51-54-57-63(66)69-60-61(59-68-62(65)56-53-50-47-44-41-38-27-24-21-18-15-12-9-6-3)70-64(67)58-55-52-49-46-43-40-36-26-23-20-17-14-11-8-5-2/h7,10,16,19,25,28,30-31,33-34,61H,4-6,8-9,11-15,17-18,20-24,26-27,29,32,35-60H2,1-3H3/b10-7-,19-16-,28-25-,31-30-,34-33-. The molecule has 0 aliphatic rings. The van der Waals surface area contributed by atoms with Gasteiger partial charge in [0.15, 0.2) is 6.10 Å². The number of carbonyl (C=O) groups excluding carboxylic acids is 3. The number of ether oxygens (including phenoxy) is 3. The van der Waals surface area contributed by atoms with E-state index in [0.29, 0.717) is 19.3 Å². The molecule has 0 heterocycles. The monoisotopic (exact) mass is 979 g/mol. The average molecular weight is 980 g/mol. The van der Waals surface area contributed by atoms with E-state index in [-0.39, 0.29) is 31.1 Å². The predicted molar refractivity (Wildman–Crippen MR) is 302 cm³/mol. The fourth-order valence-corrected chi connectivity index (χ4v) is 8.77. The van der Waals surface area contributed by atoms with E-state index in [4.69, 9.17) is 14.2 Å². The Kier molecular flexibility index (Phi) is 56.3. The van der Waals surface area contributed by atoms with Gasteiger partial charge in [-0.1, -0.05) is 287 Å². The van der Waals surface area contributed by atoms with Crippen molar-refractivity contribution in [1.82, 2.24) is 0 Å². The van der Waals surface area contributed by atoms with Crippen molar-refractivity contribution in [2.75, 3.05) is 13.2 Å². The molecule has 0 spiro atoms. The lowest BCUT2D eigenvalue weighted by molar-refractivity contribution is -0.167. The van der Waals surface area contributed by atoms with E-state index < -0.39 is 6.10 Å². The van der Waals surface area contributed by atoms with Crippen LogP contribution in [0.5, 0.6) is 0 Å². The first-order chi connectivity index (χ1) is 34.5. The minimum Gasteiger partial charge on any atom is -0.462 e. The highest BCUT2D eigenvalue weighted by Crippen LogP contribution is 2.17. The van der Waals surface area contributed by atoms with Crippen LogP contribution < -0.4 is 0 Å². The SMILES string of the molecule is CC/C=C\C/C=C\C/C=C\C/C=C\C/C=C\CCCCCCCCCC(=O)OCC(COC(=O)CCCCCCCCCCCCCCCC)OC(=O)CCCCCCCCCCCCCCCCC. The zero-order chi connectivity index (χ0) is 50.7. The molecule has 0 rings (SSSR count). The number of unbranched alkanes of at least 4 members (excludes halogenated alkanes) is 34.